The van der Waals surface area contributed by atoms with E-state index < -0.39 is 0 Å². The molecule has 0 spiro atoms. The summed E-state index contributed by atoms with van der Waals surface area (Å²) in [5, 5.41) is 4.15. The van der Waals surface area contributed by atoms with Gasteiger partial charge in [0.1, 0.15) is 0 Å². The molecule has 0 saturated heterocycles. The molecule has 1 aromatic heterocycles. The Bertz CT molecular complexity index is 324. The monoisotopic (exact) mass is 230 g/mol. The maximum Gasteiger partial charge on any atom is 0.0634 e. The molecule has 1 N–H and O–H groups in total. The molecule has 2 nitrogen and oxygen atoms in total. The van der Waals surface area contributed by atoms with Crippen molar-refractivity contribution in [3.8, 4) is 0 Å². The summed E-state index contributed by atoms with van der Waals surface area (Å²) >= 11 is 11.8. The van der Waals surface area contributed by atoms with Crippen LogP contribution in [0.1, 0.15) is 18.4 Å². The normalized spacial score (nSPS) is 18.1. The molecule has 1 aromatic rings. The SMILES string of the molecule is ClCC1(NCc2ccncc2Cl)CC1. The third-order valence-corrected chi connectivity index (χ3v) is 3.47. The summed E-state index contributed by atoms with van der Waals surface area (Å²) in [6.45, 7) is 0.772. The maximum atomic E-state index is 5.98. The van der Waals surface area contributed by atoms with Crippen molar-refractivity contribution in [2.45, 2.75) is 24.9 Å². The van der Waals surface area contributed by atoms with Gasteiger partial charge in [0.05, 0.1) is 5.02 Å². The lowest BCUT2D eigenvalue weighted by Gasteiger charge is -2.14. The molecular formula is C10H12Cl2N2. The maximum absolute atomic E-state index is 5.98. The van der Waals surface area contributed by atoms with Crippen molar-refractivity contribution >= 4 is 23.2 Å². The smallest absolute Gasteiger partial charge is 0.0634 e. The van der Waals surface area contributed by atoms with Crippen molar-refractivity contribution in [3.63, 3.8) is 0 Å². The molecule has 1 aliphatic carbocycles. The summed E-state index contributed by atoms with van der Waals surface area (Å²) in [6.07, 6.45) is 5.75. The van der Waals surface area contributed by atoms with Crippen LogP contribution in [0.15, 0.2) is 18.5 Å². The topological polar surface area (TPSA) is 24.9 Å². The summed E-state index contributed by atoms with van der Waals surface area (Å²) < 4.78 is 0. The minimum absolute atomic E-state index is 0.175. The fraction of sp³-hybridized carbons (Fsp3) is 0.500. The van der Waals surface area contributed by atoms with Gasteiger partial charge in [0.15, 0.2) is 0 Å². The molecule has 1 heterocycles. The standard InChI is InChI=1S/C10H12Cl2N2/c11-7-10(2-3-10)14-5-8-1-4-13-6-9(8)12/h1,4,6,14H,2-3,5,7H2. The predicted octanol–water partition coefficient (Wildman–Crippen LogP) is 2.60. The highest BCUT2D eigenvalue weighted by molar-refractivity contribution is 6.31. The molecule has 0 unspecified atom stereocenters. The Morgan fingerprint density at radius 1 is 1.50 bits per heavy atom. The lowest BCUT2D eigenvalue weighted by molar-refractivity contribution is 0.542. The fourth-order valence-electron chi connectivity index (χ4n) is 1.34. The van der Waals surface area contributed by atoms with Crippen LogP contribution in [0.4, 0.5) is 0 Å². The number of nitrogens with zero attached hydrogens (tertiary/aromatic N) is 1. The zero-order chi connectivity index (χ0) is 10.0. The Morgan fingerprint density at radius 3 is 2.86 bits per heavy atom. The van der Waals surface area contributed by atoms with E-state index in [-0.39, 0.29) is 5.54 Å². The summed E-state index contributed by atoms with van der Waals surface area (Å²) in [5.41, 5.74) is 1.26. The number of hydrogen-bond acceptors (Lipinski definition) is 2. The van der Waals surface area contributed by atoms with Crippen LogP contribution in [0, 0.1) is 0 Å². The number of rotatable bonds is 4. The lowest BCUT2D eigenvalue weighted by atomic mass is 10.2. The molecule has 0 bridgehead atoms. The molecule has 2 rings (SSSR count). The summed E-state index contributed by atoms with van der Waals surface area (Å²) in [5.74, 6) is 0.676. The summed E-state index contributed by atoms with van der Waals surface area (Å²) in [7, 11) is 0. The van der Waals surface area contributed by atoms with Crippen molar-refractivity contribution in [2.24, 2.45) is 0 Å². The Kier molecular flexibility index (Phi) is 2.96. The molecule has 0 aromatic carbocycles. The first kappa shape index (κ1) is 10.2. The molecule has 14 heavy (non-hydrogen) atoms. The van der Waals surface area contributed by atoms with Gasteiger partial charge in [-0.05, 0) is 24.5 Å². The number of aromatic nitrogens is 1. The molecule has 0 radical (unpaired) electrons. The van der Waals surface area contributed by atoms with Crippen LogP contribution >= 0.6 is 23.2 Å². The van der Waals surface area contributed by atoms with Gasteiger partial charge < -0.3 is 5.32 Å². The minimum atomic E-state index is 0.175. The molecular weight excluding hydrogens is 219 g/mol. The molecule has 0 amide bonds. The van der Waals surface area contributed by atoms with Crippen molar-refractivity contribution in [1.82, 2.24) is 10.3 Å². The second kappa shape index (κ2) is 4.05. The fourth-order valence-corrected chi connectivity index (χ4v) is 1.89. The average molecular weight is 231 g/mol. The molecule has 1 aliphatic rings. The highest BCUT2D eigenvalue weighted by atomic mass is 35.5. The molecule has 0 atom stereocenters. The van der Waals surface area contributed by atoms with Gasteiger partial charge in [-0.1, -0.05) is 11.6 Å². The van der Waals surface area contributed by atoms with Crippen molar-refractivity contribution in [1.29, 1.82) is 0 Å². The van der Waals surface area contributed by atoms with Crippen LogP contribution in [-0.4, -0.2) is 16.4 Å². The largest absolute Gasteiger partial charge is 0.306 e. The van der Waals surface area contributed by atoms with Gasteiger partial charge >= 0.3 is 0 Å². The van der Waals surface area contributed by atoms with E-state index in [4.69, 9.17) is 23.2 Å². The second-order valence-corrected chi connectivity index (χ2v) is 4.41. The number of pyridine rings is 1. The van der Waals surface area contributed by atoms with Gasteiger partial charge in [0.25, 0.3) is 0 Å². The van der Waals surface area contributed by atoms with Crippen LogP contribution in [0.3, 0.4) is 0 Å². The number of hydrogen-bond donors (Lipinski definition) is 1. The van der Waals surface area contributed by atoms with Crippen molar-refractivity contribution in [3.05, 3.63) is 29.0 Å². The van der Waals surface area contributed by atoms with Crippen LogP contribution in [0.25, 0.3) is 0 Å². The Balaban J connectivity index is 1.95. The van der Waals surface area contributed by atoms with Crippen molar-refractivity contribution in [2.75, 3.05) is 5.88 Å². The van der Waals surface area contributed by atoms with Gasteiger partial charge in [0.2, 0.25) is 0 Å². The van der Waals surface area contributed by atoms with Crippen LogP contribution in [-0.2, 0) is 6.54 Å². The number of halogens is 2. The lowest BCUT2D eigenvalue weighted by Crippen LogP contribution is -2.32. The minimum Gasteiger partial charge on any atom is -0.306 e. The first-order valence-corrected chi connectivity index (χ1v) is 5.56. The quantitative estimate of drug-likeness (QED) is 0.805. The number of nitrogens with one attached hydrogen (secondary N) is 1. The van der Waals surface area contributed by atoms with Gasteiger partial charge in [-0.15, -0.1) is 11.6 Å². The first-order chi connectivity index (χ1) is 6.76. The Morgan fingerprint density at radius 2 is 2.29 bits per heavy atom. The zero-order valence-electron chi connectivity index (χ0n) is 7.76. The number of alkyl halides is 1. The first-order valence-electron chi connectivity index (χ1n) is 4.65. The van der Waals surface area contributed by atoms with Crippen molar-refractivity contribution < 1.29 is 0 Å². The highest BCUT2D eigenvalue weighted by Crippen LogP contribution is 2.36. The summed E-state index contributed by atoms with van der Waals surface area (Å²) in [4.78, 5) is 3.94. The van der Waals surface area contributed by atoms with E-state index in [1.165, 1.54) is 12.8 Å². The average Bonchev–Trinajstić information content (AvgIpc) is 2.98. The third-order valence-electron chi connectivity index (χ3n) is 2.62. The van der Waals surface area contributed by atoms with E-state index in [9.17, 15) is 0 Å². The van der Waals surface area contributed by atoms with Gasteiger partial charge in [-0.2, -0.15) is 0 Å². The van der Waals surface area contributed by atoms with E-state index in [0.717, 1.165) is 12.1 Å². The summed E-state index contributed by atoms with van der Waals surface area (Å²) in [6, 6.07) is 1.93. The second-order valence-electron chi connectivity index (χ2n) is 3.73. The molecule has 1 fully saturated rings. The highest BCUT2D eigenvalue weighted by Gasteiger charge is 2.41. The Hall–Kier alpha value is -0.310. The van der Waals surface area contributed by atoms with Crippen LogP contribution < -0.4 is 5.32 Å². The zero-order valence-corrected chi connectivity index (χ0v) is 9.28. The van der Waals surface area contributed by atoms with E-state index in [0.29, 0.717) is 10.9 Å². The van der Waals surface area contributed by atoms with Crippen LogP contribution in [0.2, 0.25) is 5.02 Å². The van der Waals surface area contributed by atoms with Gasteiger partial charge in [0, 0.05) is 30.4 Å². The van der Waals surface area contributed by atoms with Gasteiger partial charge in [-0.25, -0.2) is 0 Å². The third kappa shape index (κ3) is 2.19. The van der Waals surface area contributed by atoms with E-state index in [1.807, 2.05) is 6.07 Å². The van der Waals surface area contributed by atoms with E-state index in [2.05, 4.69) is 10.3 Å². The molecule has 0 aliphatic heterocycles. The van der Waals surface area contributed by atoms with Gasteiger partial charge in [-0.3, -0.25) is 4.98 Å². The molecule has 1 saturated carbocycles. The molecule has 4 heteroatoms. The molecule has 76 valence electrons. The Labute approximate surface area is 93.6 Å². The van der Waals surface area contributed by atoms with E-state index in [1.54, 1.807) is 12.4 Å². The van der Waals surface area contributed by atoms with E-state index >= 15 is 0 Å². The predicted molar refractivity (Wildman–Crippen MR) is 58.8 cm³/mol. The van der Waals surface area contributed by atoms with Crippen LogP contribution in [0.5, 0.6) is 0 Å².